The van der Waals surface area contributed by atoms with Crippen molar-refractivity contribution < 1.29 is 0 Å². The topological polar surface area (TPSA) is 0 Å². The second kappa shape index (κ2) is 8.80. The van der Waals surface area contributed by atoms with Gasteiger partial charge in [0.05, 0.1) is 0 Å². The van der Waals surface area contributed by atoms with Gasteiger partial charge in [0, 0.05) is 5.41 Å². The molecule has 9 aromatic rings. The molecule has 0 aliphatic heterocycles. The van der Waals surface area contributed by atoms with Crippen LogP contribution in [0, 0.1) is 0 Å². The van der Waals surface area contributed by atoms with E-state index in [1.807, 2.05) is 0 Å². The first kappa shape index (κ1) is 24.9. The summed E-state index contributed by atoms with van der Waals surface area (Å²) in [5.74, 6) is 0. The first-order valence-electron chi connectivity index (χ1n) is 15.9. The van der Waals surface area contributed by atoms with E-state index in [2.05, 4.69) is 159 Å². The van der Waals surface area contributed by atoms with E-state index < -0.39 is 0 Å². The van der Waals surface area contributed by atoms with Gasteiger partial charge in [-0.25, -0.2) is 0 Å². The molecule has 210 valence electrons. The lowest BCUT2D eigenvalue weighted by Crippen LogP contribution is -2.23. The van der Waals surface area contributed by atoms with Gasteiger partial charge in [-0.1, -0.05) is 141 Å². The highest BCUT2D eigenvalue weighted by atomic mass is 14.4. The van der Waals surface area contributed by atoms with E-state index in [1.165, 1.54) is 98.4 Å². The molecule has 0 heteroatoms. The maximum atomic E-state index is 2.44. The highest BCUT2D eigenvalue weighted by molar-refractivity contribution is 6.26. The zero-order chi connectivity index (χ0) is 29.9. The monoisotopic (exact) mass is 570 g/mol. The van der Waals surface area contributed by atoms with E-state index in [9.17, 15) is 0 Å². The van der Waals surface area contributed by atoms with Crippen LogP contribution in [0.25, 0.3) is 87.2 Å². The molecule has 0 fully saturated rings. The standard InChI is InChI=1S/C45H30/c1-45(2)40-23-20-31(25-39(40)36-14-6-11-27-12-7-15-41(45)43(27)36)33-24-32-8-3-4-13-34(32)38(26-33)35-21-18-30-17-16-28-9-5-10-29-19-22-37(35)44(30)42(28)29/h3-26H,1-2H3. The van der Waals surface area contributed by atoms with Crippen molar-refractivity contribution in [2.75, 3.05) is 0 Å². The van der Waals surface area contributed by atoms with Crippen molar-refractivity contribution in [2.45, 2.75) is 19.3 Å². The van der Waals surface area contributed by atoms with Gasteiger partial charge in [0.25, 0.3) is 0 Å². The fourth-order valence-corrected chi connectivity index (χ4v) is 8.39. The van der Waals surface area contributed by atoms with Crippen LogP contribution in [0.1, 0.15) is 25.0 Å². The molecule has 0 N–H and O–H groups in total. The lowest BCUT2D eigenvalue weighted by molar-refractivity contribution is 0.645. The molecule has 9 aromatic carbocycles. The molecule has 0 aromatic heterocycles. The van der Waals surface area contributed by atoms with Gasteiger partial charge in [-0.05, 0) is 117 Å². The number of benzene rings is 9. The molecule has 0 saturated heterocycles. The van der Waals surface area contributed by atoms with Gasteiger partial charge < -0.3 is 0 Å². The van der Waals surface area contributed by atoms with Crippen LogP contribution in [0.4, 0.5) is 0 Å². The minimum absolute atomic E-state index is 0.0714. The molecule has 0 spiro atoms. The molecule has 0 bridgehead atoms. The minimum Gasteiger partial charge on any atom is -0.0616 e. The second-order valence-electron chi connectivity index (χ2n) is 13.3. The second-order valence-corrected chi connectivity index (χ2v) is 13.3. The van der Waals surface area contributed by atoms with Gasteiger partial charge in [0.15, 0.2) is 0 Å². The molecule has 0 nitrogen and oxygen atoms in total. The summed E-state index contributed by atoms with van der Waals surface area (Å²) in [5, 5.41) is 13.2. The molecule has 1 aliphatic carbocycles. The van der Waals surface area contributed by atoms with Crippen molar-refractivity contribution in [3.8, 4) is 33.4 Å². The Labute approximate surface area is 262 Å². The number of fused-ring (bicyclic) bond motifs is 3. The van der Waals surface area contributed by atoms with Crippen molar-refractivity contribution >= 4 is 53.9 Å². The van der Waals surface area contributed by atoms with E-state index in [1.54, 1.807) is 0 Å². The maximum absolute atomic E-state index is 2.44. The summed E-state index contributed by atoms with van der Waals surface area (Å²) in [6.45, 7) is 4.75. The fourth-order valence-electron chi connectivity index (χ4n) is 8.39. The Hall–Kier alpha value is -5.46. The van der Waals surface area contributed by atoms with Crippen LogP contribution >= 0.6 is 0 Å². The van der Waals surface area contributed by atoms with Crippen LogP contribution < -0.4 is 0 Å². The Morgan fingerprint density at radius 2 is 0.978 bits per heavy atom. The average molecular weight is 571 g/mol. The molecular weight excluding hydrogens is 540 g/mol. The smallest absolute Gasteiger partial charge is 0.0159 e. The van der Waals surface area contributed by atoms with Gasteiger partial charge in [-0.3, -0.25) is 0 Å². The summed E-state index contributed by atoms with van der Waals surface area (Å²) < 4.78 is 0. The summed E-state index contributed by atoms with van der Waals surface area (Å²) in [4.78, 5) is 0. The fraction of sp³-hybridized carbons (Fsp3) is 0.0667. The third-order valence-electron chi connectivity index (χ3n) is 10.6. The molecule has 0 amide bonds. The van der Waals surface area contributed by atoms with Gasteiger partial charge >= 0.3 is 0 Å². The van der Waals surface area contributed by atoms with E-state index in [0.717, 1.165) is 0 Å². The van der Waals surface area contributed by atoms with Crippen molar-refractivity contribution in [1.29, 1.82) is 0 Å². The molecule has 0 radical (unpaired) electrons. The summed E-state index contributed by atoms with van der Waals surface area (Å²) in [6, 6.07) is 54.8. The number of hydrogen-bond donors (Lipinski definition) is 0. The lowest BCUT2D eigenvalue weighted by Gasteiger charge is -2.35. The first-order valence-corrected chi connectivity index (χ1v) is 15.9. The summed E-state index contributed by atoms with van der Waals surface area (Å²) in [7, 11) is 0. The van der Waals surface area contributed by atoms with E-state index in [-0.39, 0.29) is 5.41 Å². The maximum Gasteiger partial charge on any atom is 0.0159 e. The lowest BCUT2D eigenvalue weighted by atomic mass is 9.68. The molecule has 45 heavy (non-hydrogen) atoms. The Morgan fingerprint density at radius 1 is 0.333 bits per heavy atom. The Morgan fingerprint density at radius 3 is 1.82 bits per heavy atom. The van der Waals surface area contributed by atoms with Gasteiger partial charge in [-0.15, -0.1) is 0 Å². The van der Waals surface area contributed by atoms with E-state index in [0.29, 0.717) is 0 Å². The summed E-state index contributed by atoms with van der Waals surface area (Å²) >= 11 is 0. The van der Waals surface area contributed by atoms with Gasteiger partial charge in [-0.2, -0.15) is 0 Å². The van der Waals surface area contributed by atoms with Crippen molar-refractivity contribution in [3.63, 3.8) is 0 Å². The highest BCUT2D eigenvalue weighted by Gasteiger charge is 2.33. The average Bonchev–Trinajstić information content (AvgIpc) is 3.09. The van der Waals surface area contributed by atoms with Crippen molar-refractivity contribution in [3.05, 3.63) is 157 Å². The molecular formula is C45H30. The van der Waals surface area contributed by atoms with Gasteiger partial charge in [0.1, 0.15) is 0 Å². The van der Waals surface area contributed by atoms with Crippen LogP contribution in [-0.2, 0) is 5.41 Å². The summed E-state index contributed by atoms with van der Waals surface area (Å²) in [5.41, 5.74) is 10.5. The first-order chi connectivity index (χ1) is 22.1. The number of hydrogen-bond acceptors (Lipinski definition) is 0. The molecule has 0 saturated carbocycles. The molecule has 1 aliphatic rings. The van der Waals surface area contributed by atoms with Crippen LogP contribution in [0.2, 0.25) is 0 Å². The predicted molar refractivity (Wildman–Crippen MR) is 194 cm³/mol. The van der Waals surface area contributed by atoms with Crippen LogP contribution in [0.5, 0.6) is 0 Å². The van der Waals surface area contributed by atoms with Crippen LogP contribution in [0.3, 0.4) is 0 Å². The largest absolute Gasteiger partial charge is 0.0616 e. The summed E-state index contributed by atoms with van der Waals surface area (Å²) in [6.07, 6.45) is 0. The third-order valence-corrected chi connectivity index (χ3v) is 10.6. The highest BCUT2D eigenvalue weighted by Crippen LogP contribution is 2.50. The zero-order valence-corrected chi connectivity index (χ0v) is 25.4. The van der Waals surface area contributed by atoms with Crippen LogP contribution in [0.15, 0.2) is 146 Å². The normalized spacial score (nSPS) is 13.7. The van der Waals surface area contributed by atoms with Crippen LogP contribution in [-0.4, -0.2) is 0 Å². The molecule has 10 rings (SSSR count). The predicted octanol–water partition coefficient (Wildman–Crippen LogP) is 12.5. The van der Waals surface area contributed by atoms with E-state index >= 15 is 0 Å². The Balaban J connectivity index is 1.24. The molecule has 0 unspecified atom stereocenters. The molecule has 0 atom stereocenters. The van der Waals surface area contributed by atoms with Crippen molar-refractivity contribution in [2.24, 2.45) is 0 Å². The Bertz CT molecular complexity index is 2650. The number of rotatable bonds is 2. The van der Waals surface area contributed by atoms with E-state index in [4.69, 9.17) is 0 Å². The zero-order valence-electron chi connectivity index (χ0n) is 25.4. The molecule has 0 heterocycles. The third kappa shape index (κ3) is 3.37. The van der Waals surface area contributed by atoms with Gasteiger partial charge in [0.2, 0.25) is 0 Å². The van der Waals surface area contributed by atoms with Crippen molar-refractivity contribution in [1.82, 2.24) is 0 Å². The minimum atomic E-state index is -0.0714. The Kier molecular flexibility index (Phi) is 4.88. The SMILES string of the molecule is CC1(C)c2ccc(-c3cc(-c4ccc5ccc6cccc7ccc4c5c67)c4ccccc4c3)cc2-c2cccc3cccc1c23. The quantitative estimate of drug-likeness (QED) is 0.181.